The third-order valence-corrected chi connectivity index (χ3v) is 8.73. The van der Waals surface area contributed by atoms with Crippen molar-refractivity contribution in [2.24, 2.45) is 5.92 Å². The van der Waals surface area contributed by atoms with Crippen molar-refractivity contribution in [1.29, 1.82) is 0 Å². The Hall–Kier alpha value is -2.77. The van der Waals surface area contributed by atoms with Gasteiger partial charge in [-0.3, -0.25) is 24.7 Å². The molecule has 2 aliphatic heterocycles. The second kappa shape index (κ2) is 16.2. The molecule has 1 saturated heterocycles. The maximum atomic E-state index is 13.1. The summed E-state index contributed by atoms with van der Waals surface area (Å²) in [6, 6.07) is 22.1. The maximum absolute atomic E-state index is 13.1. The van der Waals surface area contributed by atoms with Gasteiger partial charge in [0, 0.05) is 50.3 Å². The first-order chi connectivity index (χ1) is 19.4. The third-order valence-electron chi connectivity index (χ3n) is 8.73. The van der Waals surface area contributed by atoms with Crippen LogP contribution in [0.15, 0.2) is 66.7 Å². The highest BCUT2D eigenvalue weighted by Crippen LogP contribution is 2.25. The highest BCUT2D eigenvalue weighted by Gasteiger charge is 2.20. The van der Waals surface area contributed by atoms with Gasteiger partial charge in [0.15, 0.2) is 5.78 Å². The molecule has 0 saturated carbocycles. The molecule has 2 heterocycles. The zero-order chi connectivity index (χ0) is 27.9. The number of carbonyl (C=O) groups is 1. The Kier molecular flexibility index (Phi) is 13.0. The van der Waals surface area contributed by atoms with E-state index in [0.29, 0.717) is 6.42 Å². The lowest BCUT2D eigenvalue weighted by Gasteiger charge is -2.32. The lowest BCUT2D eigenvalue weighted by atomic mass is 9.90. The average Bonchev–Trinajstić information content (AvgIpc) is 3.17. The number of ketones is 1. The van der Waals surface area contributed by atoms with E-state index in [4.69, 9.17) is 0 Å². The van der Waals surface area contributed by atoms with Gasteiger partial charge in [-0.2, -0.15) is 0 Å². The number of halogens is 2. The van der Waals surface area contributed by atoms with Crippen LogP contribution in [0, 0.1) is 23.0 Å². The number of non-ortho nitro benzene ring substituents is 1. The molecule has 3 aromatic carbocycles. The molecule has 42 heavy (non-hydrogen) atoms. The molecule has 0 amide bonds. The molecule has 0 bridgehead atoms. The van der Waals surface area contributed by atoms with Gasteiger partial charge in [-0.15, -0.1) is 24.8 Å². The molecule has 0 N–H and O–H groups in total. The van der Waals surface area contributed by atoms with Crippen LogP contribution in [-0.4, -0.2) is 46.7 Å². The molecule has 0 radical (unpaired) electrons. The van der Waals surface area contributed by atoms with Crippen molar-refractivity contribution in [2.45, 2.75) is 65.0 Å². The van der Waals surface area contributed by atoms with Gasteiger partial charge < -0.3 is 0 Å². The summed E-state index contributed by atoms with van der Waals surface area (Å²) in [6.07, 6.45) is 7.09. The van der Waals surface area contributed by atoms with Gasteiger partial charge in [-0.05, 0) is 92.8 Å². The van der Waals surface area contributed by atoms with Crippen LogP contribution in [0.25, 0.3) is 0 Å². The van der Waals surface area contributed by atoms with Crippen molar-refractivity contribution in [2.75, 3.05) is 26.2 Å². The number of nitro benzene ring substituents is 1. The molecular weight excluding hydrogens is 569 g/mol. The summed E-state index contributed by atoms with van der Waals surface area (Å²) in [5.74, 6) is 1.00. The molecule has 6 nitrogen and oxygen atoms in total. The molecule has 0 aromatic heterocycles. The minimum absolute atomic E-state index is 0. The van der Waals surface area contributed by atoms with Gasteiger partial charge >= 0.3 is 0 Å². The molecule has 8 heteroatoms. The summed E-state index contributed by atoms with van der Waals surface area (Å²) in [5, 5.41) is 10.9. The second-order valence-electron chi connectivity index (χ2n) is 11.7. The largest absolute Gasteiger partial charge is 0.299 e. The van der Waals surface area contributed by atoms with Crippen molar-refractivity contribution in [1.82, 2.24) is 9.80 Å². The second-order valence-corrected chi connectivity index (χ2v) is 11.7. The minimum Gasteiger partial charge on any atom is -0.299 e. The highest BCUT2D eigenvalue weighted by atomic mass is 35.5. The van der Waals surface area contributed by atoms with Gasteiger partial charge in [-0.1, -0.05) is 54.1 Å². The summed E-state index contributed by atoms with van der Waals surface area (Å²) >= 11 is 0. The van der Waals surface area contributed by atoms with Gasteiger partial charge in [0.05, 0.1) is 4.92 Å². The molecule has 0 aliphatic carbocycles. The van der Waals surface area contributed by atoms with Crippen LogP contribution >= 0.6 is 24.8 Å². The smallest absolute Gasteiger partial charge is 0.269 e. The Bertz CT molecular complexity index is 1310. The molecule has 0 spiro atoms. The van der Waals surface area contributed by atoms with E-state index in [-0.39, 0.29) is 41.2 Å². The Labute approximate surface area is 262 Å². The van der Waals surface area contributed by atoms with Crippen molar-refractivity contribution >= 4 is 36.3 Å². The molecule has 226 valence electrons. The normalized spacial score (nSPS) is 16.0. The molecular formula is C34H43Cl2N3O3. The number of hydrogen-bond donors (Lipinski definition) is 0. The minimum atomic E-state index is -0.359. The van der Waals surface area contributed by atoms with E-state index in [9.17, 15) is 14.9 Å². The fourth-order valence-electron chi connectivity index (χ4n) is 6.16. The lowest BCUT2D eigenvalue weighted by Crippen LogP contribution is -2.33. The van der Waals surface area contributed by atoms with E-state index in [1.807, 2.05) is 18.2 Å². The lowest BCUT2D eigenvalue weighted by molar-refractivity contribution is -0.384. The molecule has 2 aliphatic rings. The number of likely N-dealkylation sites (tertiary alicyclic amines) is 1. The van der Waals surface area contributed by atoms with Gasteiger partial charge in [0.1, 0.15) is 0 Å². The van der Waals surface area contributed by atoms with Crippen molar-refractivity contribution in [3.05, 3.63) is 110 Å². The zero-order valence-electron chi connectivity index (χ0n) is 24.5. The van der Waals surface area contributed by atoms with Crippen molar-refractivity contribution in [3.8, 4) is 0 Å². The third kappa shape index (κ3) is 9.37. The quantitative estimate of drug-likeness (QED) is 0.134. The van der Waals surface area contributed by atoms with Gasteiger partial charge in [-0.25, -0.2) is 0 Å². The number of carbonyl (C=O) groups excluding carboxylic acids is 1. The van der Waals surface area contributed by atoms with E-state index in [1.165, 1.54) is 35.1 Å². The van der Waals surface area contributed by atoms with Crippen LogP contribution in [-0.2, 0) is 25.9 Å². The number of hydrogen-bond acceptors (Lipinski definition) is 5. The number of Topliss-reactive ketones (excluding diaryl/α,β-unsaturated/α-hetero) is 1. The Balaban J connectivity index is 0.00000242. The Morgan fingerprint density at radius 1 is 0.810 bits per heavy atom. The highest BCUT2D eigenvalue weighted by molar-refractivity contribution is 5.96. The first kappa shape index (κ1) is 33.7. The topological polar surface area (TPSA) is 66.7 Å². The van der Waals surface area contributed by atoms with Crippen LogP contribution in [0.5, 0.6) is 0 Å². The number of benzene rings is 3. The molecule has 1 fully saturated rings. The number of nitrogens with zero attached hydrogens (tertiary/aromatic N) is 3. The van der Waals surface area contributed by atoms with Crippen LogP contribution in [0.2, 0.25) is 0 Å². The van der Waals surface area contributed by atoms with Crippen LogP contribution in [0.1, 0.15) is 70.3 Å². The summed E-state index contributed by atoms with van der Waals surface area (Å²) in [5.41, 5.74) is 7.40. The van der Waals surface area contributed by atoms with Gasteiger partial charge in [0.25, 0.3) is 5.69 Å². The van der Waals surface area contributed by atoms with Crippen molar-refractivity contribution in [3.63, 3.8) is 0 Å². The van der Waals surface area contributed by atoms with E-state index in [1.54, 1.807) is 12.1 Å². The molecule has 0 atom stereocenters. The predicted molar refractivity (Wildman–Crippen MR) is 174 cm³/mol. The van der Waals surface area contributed by atoms with E-state index in [2.05, 4.69) is 53.1 Å². The van der Waals surface area contributed by atoms with Crippen LogP contribution in [0.3, 0.4) is 0 Å². The molecule has 3 aromatic rings. The number of piperidine rings is 1. The zero-order valence-corrected chi connectivity index (χ0v) is 26.1. The fourth-order valence-corrected chi connectivity index (χ4v) is 6.16. The summed E-state index contributed by atoms with van der Waals surface area (Å²) in [4.78, 5) is 28.6. The van der Waals surface area contributed by atoms with Gasteiger partial charge in [0.2, 0.25) is 0 Å². The Morgan fingerprint density at radius 3 is 2.00 bits per heavy atom. The molecule has 5 rings (SSSR count). The number of nitro groups is 1. The Morgan fingerprint density at radius 2 is 1.38 bits per heavy atom. The number of aryl methyl sites for hydroxylation is 1. The molecule has 0 unspecified atom stereocenters. The fraction of sp³-hybridized carbons (Fsp3) is 0.441. The predicted octanol–water partition coefficient (Wildman–Crippen LogP) is 7.61. The monoisotopic (exact) mass is 611 g/mol. The van der Waals surface area contributed by atoms with Crippen molar-refractivity contribution < 1.29 is 9.72 Å². The van der Waals surface area contributed by atoms with E-state index >= 15 is 0 Å². The van der Waals surface area contributed by atoms with Crippen LogP contribution in [0.4, 0.5) is 5.69 Å². The van der Waals surface area contributed by atoms with E-state index < -0.39 is 0 Å². The first-order valence-electron chi connectivity index (χ1n) is 14.8. The number of fused-ring (bicyclic) bond motifs is 1. The SMILES string of the molecule is Cc1ccc(CN2CCC(CCCC(=O)c3ccc4c(c3)CCN(Cc3ccc([N+](=O)[O-])cc3)CC4)CC2)cc1.Cl.Cl. The maximum Gasteiger partial charge on any atom is 0.269 e. The average molecular weight is 613 g/mol. The van der Waals surface area contributed by atoms with Crippen LogP contribution < -0.4 is 0 Å². The number of rotatable bonds is 10. The summed E-state index contributed by atoms with van der Waals surface area (Å²) in [7, 11) is 0. The summed E-state index contributed by atoms with van der Waals surface area (Å²) in [6.45, 7) is 8.12. The standard InChI is InChI=1S/C34H41N3O3.2ClH/c1-26-5-7-28(8-6-26)24-35-19-15-27(16-20-35)3-2-4-34(38)32-12-11-30-17-21-36(22-18-31(30)23-32)25-29-9-13-33(14-10-29)37(39)40;;/h5-14,23,27H,2-4,15-22,24-25H2,1H3;2*1H. The van der Waals surface area contributed by atoms with E-state index in [0.717, 1.165) is 82.0 Å². The summed E-state index contributed by atoms with van der Waals surface area (Å²) < 4.78 is 0. The first-order valence-corrected chi connectivity index (χ1v) is 14.8.